The number of ether oxygens (including phenoxy) is 1. The van der Waals surface area contributed by atoms with E-state index in [0.717, 1.165) is 11.3 Å². The number of likely N-dealkylation sites (N-methyl/N-ethyl adjacent to an activating group) is 1. The van der Waals surface area contributed by atoms with E-state index in [1.807, 2.05) is 38.7 Å². The molecule has 10 nitrogen and oxygen atoms in total. The lowest BCUT2D eigenvalue weighted by molar-refractivity contribution is -0.141. The van der Waals surface area contributed by atoms with Crippen molar-refractivity contribution in [2.24, 2.45) is 11.7 Å². The summed E-state index contributed by atoms with van der Waals surface area (Å²) >= 11 is 0. The second-order valence-electron chi connectivity index (χ2n) is 11.1. The van der Waals surface area contributed by atoms with Crippen LogP contribution in [0.3, 0.4) is 0 Å². The molecule has 4 amide bonds. The number of nitrogens with two attached hydrogens (primary N) is 1. The maximum absolute atomic E-state index is 14.5. The first-order valence-electron chi connectivity index (χ1n) is 14.2. The van der Waals surface area contributed by atoms with Crippen molar-refractivity contribution in [1.82, 2.24) is 20.0 Å². The third-order valence-electron chi connectivity index (χ3n) is 7.87. The number of carbonyl (C=O) groups is 4. The smallest absolute Gasteiger partial charge is 0.255 e. The van der Waals surface area contributed by atoms with Gasteiger partial charge in [-0.1, -0.05) is 39.5 Å². The summed E-state index contributed by atoms with van der Waals surface area (Å²) in [7, 11) is 1.74. The third-order valence-corrected chi connectivity index (χ3v) is 7.87. The molecular weight excluding hydrogens is 541 g/mol. The van der Waals surface area contributed by atoms with Crippen molar-refractivity contribution in [2.45, 2.75) is 58.5 Å². The van der Waals surface area contributed by atoms with Crippen LogP contribution in [-0.2, 0) is 25.5 Å². The average molecular weight is 584 g/mol. The minimum absolute atomic E-state index is 0.0360. The lowest BCUT2D eigenvalue weighted by atomic mass is 9.85. The van der Waals surface area contributed by atoms with Crippen molar-refractivity contribution in [2.75, 3.05) is 33.4 Å². The van der Waals surface area contributed by atoms with E-state index in [9.17, 15) is 23.6 Å². The summed E-state index contributed by atoms with van der Waals surface area (Å²) in [6.07, 6.45) is 6.68. The summed E-state index contributed by atoms with van der Waals surface area (Å²) in [4.78, 5) is 56.5. The van der Waals surface area contributed by atoms with Crippen molar-refractivity contribution < 1.29 is 28.3 Å². The number of likely N-dealkylation sites (tertiary alicyclic amines) is 1. The number of nitrogens with one attached hydrogen (secondary N) is 1. The fraction of sp³-hybridized carbons (Fsp3) is 0.484. The number of hydrogen-bond donors (Lipinski definition) is 2. The lowest BCUT2D eigenvalue weighted by Crippen LogP contribution is -2.59. The number of allylic oxidation sites excluding steroid dienone is 3. The molecule has 42 heavy (non-hydrogen) atoms. The molecule has 2 heterocycles. The van der Waals surface area contributed by atoms with Gasteiger partial charge in [-0.25, -0.2) is 4.39 Å². The van der Waals surface area contributed by atoms with E-state index in [1.54, 1.807) is 35.1 Å². The molecule has 2 fully saturated rings. The molecule has 2 aliphatic rings. The van der Waals surface area contributed by atoms with Crippen molar-refractivity contribution in [3.05, 3.63) is 71.4 Å². The highest BCUT2D eigenvalue weighted by atomic mass is 19.1. The predicted octanol–water partition coefficient (Wildman–Crippen LogP) is 2.71. The Morgan fingerprint density at radius 3 is 2.45 bits per heavy atom. The largest absolute Gasteiger partial charge is 0.484 e. The van der Waals surface area contributed by atoms with Crippen LogP contribution >= 0.6 is 0 Å². The minimum atomic E-state index is -0.854. The molecule has 3 N–H and O–H groups in total. The van der Waals surface area contributed by atoms with Crippen molar-refractivity contribution >= 4 is 23.6 Å². The molecule has 3 rings (SSSR count). The minimum Gasteiger partial charge on any atom is -0.484 e. The predicted molar refractivity (Wildman–Crippen MR) is 157 cm³/mol. The van der Waals surface area contributed by atoms with Crippen molar-refractivity contribution in [1.29, 1.82) is 0 Å². The highest BCUT2D eigenvalue weighted by Gasteiger charge is 2.53. The molecule has 228 valence electrons. The Bertz CT molecular complexity index is 1280. The average Bonchev–Trinajstić information content (AvgIpc) is 3.19. The number of carbonyl (C=O) groups excluding carboxylic acids is 4. The van der Waals surface area contributed by atoms with E-state index in [4.69, 9.17) is 10.5 Å². The number of benzene rings is 1. The van der Waals surface area contributed by atoms with Gasteiger partial charge in [0.15, 0.2) is 6.61 Å². The van der Waals surface area contributed by atoms with Crippen LogP contribution in [-0.4, -0.2) is 83.3 Å². The standard InChI is InChI=1S/C31H42FN5O5/c1-7-22-10-12-25(32)24(17-22)28(39)34-27(20(3)4)29(40)36-15-13-31(14-16-36)30(41)35(6)19-37(31)23(8-2)11-9-21(5)42-18-26(33)38/h8-12,17,20,27H,5,7,13-16,18-19H2,1-4,6H3,(H2,33,38)(H,34,39). The fourth-order valence-corrected chi connectivity index (χ4v) is 5.42. The van der Waals surface area contributed by atoms with Gasteiger partial charge < -0.3 is 30.5 Å². The first-order valence-corrected chi connectivity index (χ1v) is 14.2. The SMILES string of the molecule is C=C(C=CC(=CC)N1CN(C)C(=O)C12CCN(C(=O)C(NC(=O)c1cc(CC)ccc1F)C(C)C)CC2)OCC(N)=O. The summed E-state index contributed by atoms with van der Waals surface area (Å²) in [6, 6.07) is 3.56. The molecule has 11 heteroatoms. The Labute approximate surface area is 247 Å². The van der Waals surface area contributed by atoms with Gasteiger partial charge in [0.05, 0.1) is 12.2 Å². The summed E-state index contributed by atoms with van der Waals surface area (Å²) in [5, 5.41) is 2.76. The third kappa shape index (κ3) is 7.00. The summed E-state index contributed by atoms with van der Waals surface area (Å²) in [6.45, 7) is 11.9. The maximum Gasteiger partial charge on any atom is 0.255 e. The molecule has 0 saturated carbocycles. The van der Waals surface area contributed by atoms with Crippen LogP contribution in [0, 0.1) is 11.7 Å². The van der Waals surface area contributed by atoms with Crippen LogP contribution in [0.2, 0.25) is 0 Å². The lowest BCUT2D eigenvalue weighted by Gasteiger charge is -2.44. The molecule has 1 unspecified atom stereocenters. The van der Waals surface area contributed by atoms with Crippen LogP contribution in [0.5, 0.6) is 0 Å². The zero-order valence-corrected chi connectivity index (χ0v) is 25.1. The number of amides is 4. The number of nitrogens with zero attached hydrogens (tertiary/aromatic N) is 3. The van der Waals surface area contributed by atoms with E-state index in [0.29, 0.717) is 39.0 Å². The van der Waals surface area contributed by atoms with E-state index in [1.165, 1.54) is 12.1 Å². The van der Waals surface area contributed by atoms with Gasteiger partial charge in [0.2, 0.25) is 11.8 Å². The molecule has 2 aliphatic heterocycles. The summed E-state index contributed by atoms with van der Waals surface area (Å²) < 4.78 is 19.7. The highest BCUT2D eigenvalue weighted by Crippen LogP contribution is 2.39. The first kappa shape index (κ1) is 32.4. The zero-order chi connectivity index (χ0) is 31.2. The molecule has 0 aromatic heterocycles. The molecule has 1 atom stereocenters. The second-order valence-corrected chi connectivity index (χ2v) is 11.1. The molecule has 0 bridgehead atoms. The molecular formula is C31H42FN5O5. The number of rotatable bonds is 11. The number of primary amides is 1. The highest BCUT2D eigenvalue weighted by molar-refractivity contribution is 5.98. The second kappa shape index (κ2) is 13.7. The van der Waals surface area contributed by atoms with E-state index in [2.05, 4.69) is 11.9 Å². The number of piperidine rings is 1. The Morgan fingerprint density at radius 1 is 1.21 bits per heavy atom. The van der Waals surface area contributed by atoms with Crippen LogP contribution in [0.15, 0.2) is 54.5 Å². The van der Waals surface area contributed by atoms with Gasteiger partial charge >= 0.3 is 0 Å². The van der Waals surface area contributed by atoms with Crippen LogP contribution in [0.1, 0.15) is 56.5 Å². The van der Waals surface area contributed by atoms with Gasteiger partial charge in [-0.05, 0) is 62.0 Å². The molecule has 1 aromatic carbocycles. The maximum atomic E-state index is 14.5. The van der Waals surface area contributed by atoms with E-state index in [-0.39, 0.29) is 35.7 Å². The monoisotopic (exact) mass is 583 g/mol. The Morgan fingerprint density at radius 2 is 1.88 bits per heavy atom. The fourth-order valence-electron chi connectivity index (χ4n) is 5.42. The topological polar surface area (TPSA) is 125 Å². The van der Waals surface area contributed by atoms with Crippen molar-refractivity contribution in [3.8, 4) is 0 Å². The van der Waals surface area contributed by atoms with E-state index >= 15 is 0 Å². The molecule has 1 spiro atoms. The normalized spacial score (nSPS) is 17.7. The number of halogens is 1. The Balaban J connectivity index is 1.75. The number of aryl methyl sites for hydroxylation is 1. The van der Waals surface area contributed by atoms with Gasteiger partial charge in [0.25, 0.3) is 11.8 Å². The number of hydrogen-bond acceptors (Lipinski definition) is 6. The quantitative estimate of drug-likeness (QED) is 0.305. The zero-order valence-electron chi connectivity index (χ0n) is 25.1. The van der Waals surface area contributed by atoms with Crippen LogP contribution in [0.4, 0.5) is 4.39 Å². The van der Waals surface area contributed by atoms with Gasteiger partial charge in [-0.3, -0.25) is 19.2 Å². The van der Waals surface area contributed by atoms with Crippen LogP contribution in [0.25, 0.3) is 0 Å². The Hall–Kier alpha value is -4.15. The molecule has 0 radical (unpaired) electrons. The first-order chi connectivity index (χ1) is 19.8. The Kier molecular flexibility index (Phi) is 10.5. The molecule has 2 saturated heterocycles. The summed E-state index contributed by atoms with van der Waals surface area (Å²) in [5.41, 5.74) is 5.77. The summed E-state index contributed by atoms with van der Waals surface area (Å²) in [5.74, 6) is -2.17. The van der Waals surface area contributed by atoms with E-state index < -0.39 is 29.2 Å². The van der Waals surface area contributed by atoms with Crippen molar-refractivity contribution in [3.63, 3.8) is 0 Å². The van der Waals surface area contributed by atoms with Gasteiger partial charge in [-0.2, -0.15) is 0 Å². The van der Waals surface area contributed by atoms with Gasteiger partial charge in [-0.15, -0.1) is 0 Å². The van der Waals surface area contributed by atoms with Crippen LogP contribution < -0.4 is 11.1 Å². The molecule has 1 aromatic rings. The van der Waals surface area contributed by atoms with Gasteiger partial charge in [0.1, 0.15) is 23.2 Å². The van der Waals surface area contributed by atoms with Gasteiger partial charge in [0, 0.05) is 25.8 Å². The molecule has 0 aliphatic carbocycles.